The molecule has 2 heterocycles. The molecule has 0 aliphatic rings. The van der Waals surface area contributed by atoms with Gasteiger partial charge in [-0.15, -0.1) is 5.10 Å². The summed E-state index contributed by atoms with van der Waals surface area (Å²) in [5, 5.41) is 17.6. The largest absolute Gasteiger partial charge is 0.376 e. The molecule has 3 rings (SSSR count). The molecule has 0 saturated heterocycles. The highest BCUT2D eigenvalue weighted by Crippen LogP contribution is 2.20. The molecule has 0 radical (unpaired) electrons. The monoisotopic (exact) mass is 338 g/mol. The lowest BCUT2D eigenvalue weighted by Crippen LogP contribution is -2.12. The maximum atomic E-state index is 12.1. The lowest BCUT2D eigenvalue weighted by Gasteiger charge is -2.13. The SMILES string of the molecule is Cc1oncc1C(=O)Nc1ccc(Nc2cc(N(C)C)cnn2)cc1. The Kier molecular flexibility index (Phi) is 4.60. The Labute approximate surface area is 144 Å². The van der Waals surface area contributed by atoms with E-state index in [0.29, 0.717) is 22.8 Å². The van der Waals surface area contributed by atoms with Crippen molar-refractivity contribution in [1.82, 2.24) is 15.4 Å². The summed E-state index contributed by atoms with van der Waals surface area (Å²) in [4.78, 5) is 14.1. The first-order valence-electron chi connectivity index (χ1n) is 7.62. The summed E-state index contributed by atoms with van der Waals surface area (Å²) >= 11 is 0. The second-order valence-corrected chi connectivity index (χ2v) is 5.65. The molecule has 1 amide bonds. The van der Waals surface area contributed by atoms with Crippen LogP contribution in [0.4, 0.5) is 22.9 Å². The number of aryl methyl sites for hydroxylation is 1. The number of aromatic nitrogens is 3. The third kappa shape index (κ3) is 3.92. The zero-order valence-corrected chi connectivity index (χ0v) is 14.1. The maximum Gasteiger partial charge on any atom is 0.260 e. The molecule has 0 aliphatic carbocycles. The molecule has 0 atom stereocenters. The number of carbonyl (C=O) groups excluding carboxylic acids is 1. The third-order valence-electron chi connectivity index (χ3n) is 3.57. The number of carbonyl (C=O) groups is 1. The lowest BCUT2D eigenvalue weighted by molar-refractivity contribution is 0.102. The van der Waals surface area contributed by atoms with Crippen LogP contribution in [0.2, 0.25) is 0 Å². The Bertz CT molecular complexity index is 873. The fourth-order valence-corrected chi connectivity index (χ4v) is 2.16. The van der Waals surface area contributed by atoms with Crippen LogP contribution in [0.15, 0.2) is 47.2 Å². The summed E-state index contributed by atoms with van der Waals surface area (Å²) in [6.45, 7) is 1.69. The van der Waals surface area contributed by atoms with Crippen molar-refractivity contribution in [1.29, 1.82) is 0 Å². The van der Waals surface area contributed by atoms with Crippen molar-refractivity contribution in [3.8, 4) is 0 Å². The van der Waals surface area contributed by atoms with Crippen molar-refractivity contribution < 1.29 is 9.32 Å². The topological polar surface area (TPSA) is 96.2 Å². The van der Waals surface area contributed by atoms with E-state index in [1.54, 1.807) is 25.3 Å². The van der Waals surface area contributed by atoms with Gasteiger partial charge in [-0.2, -0.15) is 5.10 Å². The van der Waals surface area contributed by atoms with Gasteiger partial charge in [0, 0.05) is 31.5 Å². The van der Waals surface area contributed by atoms with Crippen molar-refractivity contribution in [3.63, 3.8) is 0 Å². The highest BCUT2D eigenvalue weighted by Gasteiger charge is 2.12. The molecule has 0 unspecified atom stereocenters. The van der Waals surface area contributed by atoms with Gasteiger partial charge in [0.25, 0.3) is 5.91 Å². The van der Waals surface area contributed by atoms with Gasteiger partial charge < -0.3 is 20.1 Å². The van der Waals surface area contributed by atoms with Gasteiger partial charge >= 0.3 is 0 Å². The fraction of sp³-hybridized carbons (Fsp3) is 0.176. The highest BCUT2D eigenvalue weighted by molar-refractivity contribution is 6.04. The van der Waals surface area contributed by atoms with Gasteiger partial charge in [0.05, 0.1) is 18.1 Å². The summed E-state index contributed by atoms with van der Waals surface area (Å²) in [5.41, 5.74) is 2.87. The smallest absolute Gasteiger partial charge is 0.260 e. The van der Waals surface area contributed by atoms with Gasteiger partial charge in [-0.3, -0.25) is 4.79 Å². The summed E-state index contributed by atoms with van der Waals surface area (Å²) in [6.07, 6.45) is 3.09. The van der Waals surface area contributed by atoms with E-state index < -0.39 is 0 Å². The molecule has 3 aromatic rings. The number of anilines is 4. The van der Waals surface area contributed by atoms with Crippen molar-refractivity contribution in [2.45, 2.75) is 6.92 Å². The number of hydrogen-bond acceptors (Lipinski definition) is 7. The summed E-state index contributed by atoms with van der Waals surface area (Å²) in [5.74, 6) is 0.863. The van der Waals surface area contributed by atoms with E-state index in [1.807, 2.05) is 37.2 Å². The van der Waals surface area contributed by atoms with E-state index in [1.165, 1.54) is 6.20 Å². The van der Waals surface area contributed by atoms with E-state index >= 15 is 0 Å². The van der Waals surface area contributed by atoms with Crippen molar-refractivity contribution >= 4 is 28.8 Å². The van der Waals surface area contributed by atoms with Crippen LogP contribution in [0, 0.1) is 6.92 Å². The second kappa shape index (κ2) is 7.00. The Balaban J connectivity index is 1.67. The fourth-order valence-electron chi connectivity index (χ4n) is 2.16. The normalized spacial score (nSPS) is 10.4. The first-order chi connectivity index (χ1) is 12.0. The first kappa shape index (κ1) is 16.4. The third-order valence-corrected chi connectivity index (χ3v) is 3.57. The minimum absolute atomic E-state index is 0.260. The van der Waals surface area contributed by atoms with Crippen molar-refractivity contribution in [2.24, 2.45) is 0 Å². The predicted octanol–water partition coefficient (Wildman–Crippen LogP) is 2.83. The number of hydrogen-bond donors (Lipinski definition) is 2. The highest BCUT2D eigenvalue weighted by atomic mass is 16.5. The van der Waals surface area contributed by atoms with Crippen LogP contribution in [0.1, 0.15) is 16.1 Å². The Morgan fingerprint density at radius 3 is 2.48 bits per heavy atom. The minimum Gasteiger partial charge on any atom is -0.376 e. The van der Waals surface area contributed by atoms with E-state index in [2.05, 4.69) is 26.0 Å². The van der Waals surface area contributed by atoms with Crippen LogP contribution >= 0.6 is 0 Å². The molecule has 0 saturated carbocycles. The van der Waals surface area contributed by atoms with E-state index in [-0.39, 0.29) is 5.91 Å². The molecule has 128 valence electrons. The van der Waals surface area contributed by atoms with E-state index in [0.717, 1.165) is 11.4 Å². The van der Waals surface area contributed by atoms with Gasteiger partial charge in [0.15, 0.2) is 5.82 Å². The first-order valence-corrected chi connectivity index (χ1v) is 7.62. The number of amides is 1. The number of rotatable bonds is 5. The van der Waals surface area contributed by atoms with Gasteiger partial charge in [-0.25, -0.2) is 0 Å². The van der Waals surface area contributed by atoms with Crippen LogP contribution in [0.5, 0.6) is 0 Å². The zero-order valence-electron chi connectivity index (χ0n) is 14.1. The van der Waals surface area contributed by atoms with Crippen LogP contribution in [-0.4, -0.2) is 35.4 Å². The quantitative estimate of drug-likeness (QED) is 0.738. The molecular weight excluding hydrogens is 320 g/mol. The molecule has 0 spiro atoms. The Hall–Kier alpha value is -3.42. The molecule has 8 heteroatoms. The van der Waals surface area contributed by atoms with Crippen LogP contribution < -0.4 is 15.5 Å². The molecule has 2 aromatic heterocycles. The summed E-state index contributed by atoms with van der Waals surface area (Å²) in [6, 6.07) is 9.19. The van der Waals surface area contributed by atoms with E-state index in [9.17, 15) is 4.79 Å². The summed E-state index contributed by atoms with van der Waals surface area (Å²) in [7, 11) is 3.88. The number of nitrogens with zero attached hydrogens (tertiary/aromatic N) is 4. The molecule has 2 N–H and O–H groups in total. The van der Waals surface area contributed by atoms with Gasteiger partial charge in [0.1, 0.15) is 11.3 Å². The van der Waals surface area contributed by atoms with Crippen molar-refractivity contribution in [3.05, 3.63) is 54.0 Å². The van der Waals surface area contributed by atoms with Crippen LogP contribution in [0.3, 0.4) is 0 Å². The molecule has 0 bridgehead atoms. The second-order valence-electron chi connectivity index (χ2n) is 5.65. The average Bonchev–Trinajstić information content (AvgIpc) is 3.03. The van der Waals surface area contributed by atoms with Gasteiger partial charge in [-0.1, -0.05) is 5.16 Å². The standard InChI is InChI=1S/C17H18N6O2/c1-11-15(10-19-25-11)17(24)21-13-6-4-12(5-7-13)20-16-8-14(23(2)3)9-18-22-16/h4-10H,1-3H3,(H,20,22)(H,21,24). The molecule has 25 heavy (non-hydrogen) atoms. The molecule has 1 aromatic carbocycles. The number of benzene rings is 1. The molecular formula is C17H18N6O2. The van der Waals surface area contributed by atoms with Gasteiger partial charge in [0.2, 0.25) is 0 Å². The molecule has 0 aliphatic heterocycles. The maximum absolute atomic E-state index is 12.1. The Morgan fingerprint density at radius 2 is 1.84 bits per heavy atom. The Morgan fingerprint density at radius 1 is 1.12 bits per heavy atom. The van der Waals surface area contributed by atoms with E-state index in [4.69, 9.17) is 4.52 Å². The predicted molar refractivity (Wildman–Crippen MR) is 95.3 cm³/mol. The summed E-state index contributed by atoms with van der Waals surface area (Å²) < 4.78 is 4.90. The van der Waals surface area contributed by atoms with Crippen molar-refractivity contribution in [2.75, 3.05) is 29.6 Å². The molecule has 8 nitrogen and oxygen atoms in total. The van der Waals surface area contributed by atoms with Crippen LogP contribution in [0.25, 0.3) is 0 Å². The molecule has 0 fully saturated rings. The lowest BCUT2D eigenvalue weighted by atomic mass is 10.2. The average molecular weight is 338 g/mol. The van der Waals surface area contributed by atoms with Crippen LogP contribution in [-0.2, 0) is 0 Å². The minimum atomic E-state index is -0.260. The zero-order chi connectivity index (χ0) is 17.8. The van der Waals surface area contributed by atoms with Gasteiger partial charge in [-0.05, 0) is 31.2 Å². The number of nitrogens with one attached hydrogen (secondary N) is 2.